The molecule has 0 atom stereocenters. The van der Waals surface area contributed by atoms with Crippen LogP contribution in [0.2, 0.25) is 0 Å². The summed E-state index contributed by atoms with van der Waals surface area (Å²) in [5.41, 5.74) is 0. The first-order valence-electron chi connectivity index (χ1n) is 8.35. The van der Waals surface area contributed by atoms with Crippen molar-refractivity contribution in [2.75, 3.05) is 39.8 Å². The summed E-state index contributed by atoms with van der Waals surface area (Å²) in [5.74, 6) is 1.16. The van der Waals surface area contributed by atoms with Crippen molar-refractivity contribution in [2.45, 2.75) is 39.0 Å². The summed E-state index contributed by atoms with van der Waals surface area (Å²) in [7, 11) is 1.77. The molecule has 1 N–H and O–H groups in total. The predicted octanol–water partition coefficient (Wildman–Crippen LogP) is 1.51. The number of hydrogen-bond acceptors (Lipinski definition) is 3. The van der Waals surface area contributed by atoms with Crippen molar-refractivity contribution >= 4 is 24.2 Å². The number of halogens is 1. The van der Waals surface area contributed by atoms with Crippen molar-refractivity contribution in [3.8, 4) is 0 Å². The Balaban J connectivity index is 0.00000242. The monoisotopic (exact) mass is 331 g/mol. The third kappa shape index (κ3) is 5.13. The molecule has 0 bridgehead atoms. The molecule has 0 aromatic heterocycles. The smallest absolute Gasteiger partial charge is 0.242 e. The molecule has 2 aliphatic rings. The number of amides is 2. The summed E-state index contributed by atoms with van der Waals surface area (Å²) in [6.07, 6.45) is 5.52. The fourth-order valence-electron chi connectivity index (χ4n) is 3.42. The zero-order valence-electron chi connectivity index (χ0n) is 13.8. The first-order chi connectivity index (χ1) is 10.1. The Hall–Kier alpha value is -0.810. The number of carbonyl (C=O) groups excluding carboxylic acids is 2. The highest BCUT2D eigenvalue weighted by molar-refractivity contribution is 5.86. The van der Waals surface area contributed by atoms with Crippen LogP contribution in [0.25, 0.3) is 0 Å². The van der Waals surface area contributed by atoms with Crippen LogP contribution in [0.15, 0.2) is 0 Å². The first kappa shape index (κ1) is 19.2. The molecule has 1 aliphatic heterocycles. The lowest BCUT2D eigenvalue weighted by Crippen LogP contribution is -2.50. The van der Waals surface area contributed by atoms with Gasteiger partial charge in [-0.05, 0) is 31.6 Å². The Morgan fingerprint density at radius 3 is 2.27 bits per heavy atom. The number of piperazine rings is 1. The van der Waals surface area contributed by atoms with Gasteiger partial charge in [-0.15, -0.1) is 12.4 Å². The second kappa shape index (κ2) is 9.36. The topological polar surface area (TPSA) is 52.7 Å². The van der Waals surface area contributed by atoms with E-state index in [2.05, 4.69) is 12.2 Å². The van der Waals surface area contributed by atoms with Gasteiger partial charge in [0.25, 0.3) is 0 Å². The Morgan fingerprint density at radius 1 is 1.14 bits per heavy atom. The molecule has 1 aliphatic carbocycles. The maximum absolute atomic E-state index is 12.5. The molecule has 128 valence electrons. The van der Waals surface area contributed by atoms with Gasteiger partial charge in [0.05, 0.1) is 6.54 Å². The Kier molecular flexibility index (Phi) is 8.18. The van der Waals surface area contributed by atoms with Crippen LogP contribution >= 0.6 is 12.4 Å². The molecule has 1 heterocycles. The average molecular weight is 332 g/mol. The van der Waals surface area contributed by atoms with Gasteiger partial charge in [-0.25, -0.2) is 0 Å². The third-order valence-corrected chi connectivity index (χ3v) is 4.99. The van der Waals surface area contributed by atoms with E-state index in [0.29, 0.717) is 0 Å². The maximum Gasteiger partial charge on any atom is 0.242 e. The van der Waals surface area contributed by atoms with Crippen LogP contribution in [0.4, 0.5) is 0 Å². The van der Waals surface area contributed by atoms with Gasteiger partial charge >= 0.3 is 0 Å². The van der Waals surface area contributed by atoms with E-state index in [0.717, 1.165) is 57.8 Å². The van der Waals surface area contributed by atoms with Crippen molar-refractivity contribution < 1.29 is 9.59 Å². The summed E-state index contributed by atoms with van der Waals surface area (Å²) in [5, 5.41) is 3.23. The molecular formula is C16H30ClN3O2. The van der Waals surface area contributed by atoms with E-state index in [-0.39, 0.29) is 36.7 Å². The van der Waals surface area contributed by atoms with Crippen LogP contribution in [-0.2, 0) is 9.59 Å². The molecule has 0 unspecified atom stereocenters. The lowest BCUT2D eigenvalue weighted by Gasteiger charge is -2.32. The van der Waals surface area contributed by atoms with Crippen molar-refractivity contribution in [3.63, 3.8) is 0 Å². The van der Waals surface area contributed by atoms with Crippen molar-refractivity contribution in [1.29, 1.82) is 0 Å². The molecule has 2 fully saturated rings. The number of nitrogens with one attached hydrogen (secondary N) is 1. The van der Waals surface area contributed by atoms with Crippen molar-refractivity contribution in [1.82, 2.24) is 15.1 Å². The van der Waals surface area contributed by atoms with Gasteiger partial charge in [0, 0.05) is 39.1 Å². The zero-order valence-corrected chi connectivity index (χ0v) is 14.7. The van der Waals surface area contributed by atoms with E-state index >= 15 is 0 Å². The van der Waals surface area contributed by atoms with E-state index in [1.54, 1.807) is 11.9 Å². The molecule has 2 rings (SSSR count). The van der Waals surface area contributed by atoms with Gasteiger partial charge in [-0.1, -0.05) is 13.3 Å². The van der Waals surface area contributed by atoms with Gasteiger partial charge in [0.2, 0.25) is 11.8 Å². The normalized spacial score (nSPS) is 25.3. The second-order valence-electron chi connectivity index (χ2n) is 6.45. The molecule has 0 spiro atoms. The van der Waals surface area contributed by atoms with Crippen molar-refractivity contribution in [3.05, 3.63) is 0 Å². The molecule has 0 aromatic rings. The zero-order chi connectivity index (χ0) is 15.2. The van der Waals surface area contributed by atoms with Gasteiger partial charge in [-0.2, -0.15) is 0 Å². The summed E-state index contributed by atoms with van der Waals surface area (Å²) in [6, 6.07) is 0. The molecular weight excluding hydrogens is 302 g/mol. The Labute approximate surface area is 140 Å². The minimum Gasteiger partial charge on any atom is -0.339 e. The summed E-state index contributed by atoms with van der Waals surface area (Å²) >= 11 is 0. The standard InChI is InChI=1S/C16H29N3O2.ClH/c1-3-13-4-6-14(7-5-13)16(21)18(2)12-15(20)19-10-8-17-9-11-19;/h13-14,17H,3-12H2,1-2H3;1H. The molecule has 2 amide bonds. The van der Waals surface area contributed by atoms with E-state index in [9.17, 15) is 9.59 Å². The molecule has 6 heteroatoms. The number of nitrogens with zero attached hydrogens (tertiary/aromatic N) is 2. The van der Waals surface area contributed by atoms with Crippen LogP contribution in [0, 0.1) is 11.8 Å². The SMILES string of the molecule is CCC1CCC(C(=O)N(C)CC(=O)N2CCNCC2)CC1.Cl. The molecule has 22 heavy (non-hydrogen) atoms. The summed E-state index contributed by atoms with van der Waals surface area (Å²) < 4.78 is 0. The largest absolute Gasteiger partial charge is 0.339 e. The predicted molar refractivity (Wildman–Crippen MR) is 90.1 cm³/mol. The Morgan fingerprint density at radius 2 is 1.73 bits per heavy atom. The highest BCUT2D eigenvalue weighted by atomic mass is 35.5. The first-order valence-corrected chi connectivity index (χ1v) is 8.35. The summed E-state index contributed by atoms with van der Waals surface area (Å²) in [6.45, 7) is 5.66. The number of rotatable bonds is 4. The van der Waals surface area contributed by atoms with Crippen LogP contribution in [0.1, 0.15) is 39.0 Å². The fourth-order valence-corrected chi connectivity index (χ4v) is 3.42. The van der Waals surface area contributed by atoms with Crippen molar-refractivity contribution in [2.24, 2.45) is 11.8 Å². The molecule has 5 nitrogen and oxygen atoms in total. The highest BCUT2D eigenvalue weighted by Gasteiger charge is 2.29. The van der Waals surface area contributed by atoms with E-state index < -0.39 is 0 Å². The number of likely N-dealkylation sites (N-methyl/N-ethyl adjacent to an activating group) is 1. The average Bonchev–Trinajstić information content (AvgIpc) is 2.55. The van der Waals surface area contributed by atoms with Gasteiger partial charge in [0.15, 0.2) is 0 Å². The lowest BCUT2D eigenvalue weighted by atomic mass is 9.80. The number of hydrogen-bond donors (Lipinski definition) is 1. The van der Waals surface area contributed by atoms with Crippen LogP contribution in [0.5, 0.6) is 0 Å². The minimum atomic E-state index is 0. The van der Waals surface area contributed by atoms with Gasteiger partial charge < -0.3 is 15.1 Å². The lowest BCUT2D eigenvalue weighted by molar-refractivity contribution is -0.142. The fraction of sp³-hybridized carbons (Fsp3) is 0.875. The summed E-state index contributed by atoms with van der Waals surface area (Å²) in [4.78, 5) is 28.1. The minimum absolute atomic E-state index is 0. The van der Waals surface area contributed by atoms with Crippen LogP contribution < -0.4 is 5.32 Å². The third-order valence-electron chi connectivity index (χ3n) is 4.99. The Bertz CT molecular complexity index is 364. The van der Waals surface area contributed by atoms with E-state index in [1.807, 2.05) is 4.90 Å². The molecule has 0 radical (unpaired) electrons. The van der Waals surface area contributed by atoms with Crippen LogP contribution in [0.3, 0.4) is 0 Å². The highest BCUT2D eigenvalue weighted by Crippen LogP contribution is 2.31. The second-order valence-corrected chi connectivity index (χ2v) is 6.45. The van der Waals surface area contributed by atoms with Gasteiger partial charge in [0.1, 0.15) is 0 Å². The maximum atomic E-state index is 12.5. The van der Waals surface area contributed by atoms with E-state index in [1.165, 1.54) is 6.42 Å². The molecule has 1 saturated heterocycles. The molecule has 1 saturated carbocycles. The quantitative estimate of drug-likeness (QED) is 0.849. The van der Waals surface area contributed by atoms with Gasteiger partial charge in [-0.3, -0.25) is 9.59 Å². The van der Waals surface area contributed by atoms with Crippen LogP contribution in [-0.4, -0.2) is 61.4 Å². The number of carbonyl (C=O) groups is 2. The molecule has 0 aromatic carbocycles. The van der Waals surface area contributed by atoms with E-state index in [4.69, 9.17) is 0 Å².